The molecule has 1 aliphatic carbocycles. The van der Waals surface area contributed by atoms with Gasteiger partial charge in [0.15, 0.2) is 0 Å². The third kappa shape index (κ3) is 2.96. The summed E-state index contributed by atoms with van der Waals surface area (Å²) in [5.74, 6) is 1.05. The first-order chi connectivity index (χ1) is 7.69. The molecule has 88 valence electrons. The van der Waals surface area contributed by atoms with E-state index in [2.05, 4.69) is 15.3 Å². The van der Waals surface area contributed by atoms with Crippen LogP contribution in [-0.2, 0) is 0 Å². The number of aromatic amines is 1. The average Bonchev–Trinajstić information content (AvgIpc) is 2.98. The first-order valence-corrected chi connectivity index (χ1v) is 5.71. The molecule has 0 radical (unpaired) electrons. The van der Waals surface area contributed by atoms with E-state index in [9.17, 15) is 4.79 Å². The van der Waals surface area contributed by atoms with Crippen LogP contribution in [0.5, 0.6) is 0 Å². The summed E-state index contributed by atoms with van der Waals surface area (Å²) in [6.07, 6.45) is 2.99. The highest BCUT2D eigenvalue weighted by molar-refractivity contribution is 6.29. The van der Waals surface area contributed by atoms with Crippen molar-refractivity contribution in [2.45, 2.75) is 25.3 Å². The lowest BCUT2D eigenvalue weighted by Crippen LogP contribution is -2.25. The fourth-order valence-electron chi connectivity index (χ4n) is 1.76. The summed E-state index contributed by atoms with van der Waals surface area (Å²) in [5, 5.41) is 12.4. The molecular formula is C10H14ClN3O2. The van der Waals surface area contributed by atoms with E-state index in [0.29, 0.717) is 18.2 Å². The average molecular weight is 244 g/mol. The topological polar surface area (TPSA) is 78.0 Å². The number of halogens is 1. The minimum absolute atomic E-state index is 0.130. The third-order valence-electron chi connectivity index (χ3n) is 2.68. The van der Waals surface area contributed by atoms with Crippen LogP contribution in [0.3, 0.4) is 0 Å². The van der Waals surface area contributed by atoms with Gasteiger partial charge in [-0.25, -0.2) is 4.79 Å². The highest BCUT2D eigenvalue weighted by Crippen LogP contribution is 2.35. The van der Waals surface area contributed by atoms with E-state index < -0.39 is 5.69 Å². The quantitative estimate of drug-likeness (QED) is 0.674. The number of hydrogen-bond acceptors (Lipinski definition) is 4. The second kappa shape index (κ2) is 4.84. The van der Waals surface area contributed by atoms with Crippen LogP contribution in [0.1, 0.15) is 19.3 Å². The predicted octanol–water partition coefficient (Wildman–Crippen LogP) is 0.996. The summed E-state index contributed by atoms with van der Waals surface area (Å²) in [7, 11) is 0. The molecular weight excluding hydrogens is 230 g/mol. The molecule has 5 nitrogen and oxygen atoms in total. The molecule has 1 unspecified atom stereocenters. The normalized spacial score (nSPS) is 17.1. The van der Waals surface area contributed by atoms with E-state index in [-0.39, 0.29) is 17.8 Å². The van der Waals surface area contributed by atoms with Crippen molar-refractivity contribution >= 4 is 17.4 Å². The summed E-state index contributed by atoms with van der Waals surface area (Å²) in [6, 6.07) is 1.76. The van der Waals surface area contributed by atoms with Crippen molar-refractivity contribution in [2.75, 3.05) is 11.9 Å². The van der Waals surface area contributed by atoms with Crippen molar-refractivity contribution in [1.82, 2.24) is 9.97 Å². The first kappa shape index (κ1) is 11.4. The molecule has 1 heterocycles. The Morgan fingerprint density at radius 1 is 1.69 bits per heavy atom. The Morgan fingerprint density at radius 3 is 3.00 bits per heavy atom. The Labute approximate surface area is 97.9 Å². The smallest absolute Gasteiger partial charge is 0.347 e. The molecule has 1 saturated carbocycles. The molecule has 0 bridgehead atoms. The van der Waals surface area contributed by atoms with E-state index in [1.807, 2.05) is 0 Å². The maximum Gasteiger partial charge on any atom is 0.347 e. The first-order valence-electron chi connectivity index (χ1n) is 5.33. The zero-order chi connectivity index (χ0) is 11.5. The Kier molecular flexibility index (Phi) is 3.46. The predicted molar refractivity (Wildman–Crippen MR) is 61.7 cm³/mol. The summed E-state index contributed by atoms with van der Waals surface area (Å²) < 4.78 is 0. The number of anilines is 1. The second-order valence-corrected chi connectivity index (χ2v) is 4.43. The van der Waals surface area contributed by atoms with Gasteiger partial charge >= 0.3 is 5.69 Å². The summed E-state index contributed by atoms with van der Waals surface area (Å²) in [6.45, 7) is 0.130. The van der Waals surface area contributed by atoms with Crippen molar-refractivity contribution in [1.29, 1.82) is 0 Å². The molecule has 1 aromatic rings. The molecule has 1 aliphatic rings. The molecule has 0 aliphatic heterocycles. The van der Waals surface area contributed by atoms with Crippen LogP contribution >= 0.6 is 11.6 Å². The second-order valence-electron chi connectivity index (χ2n) is 4.02. The molecule has 3 N–H and O–H groups in total. The van der Waals surface area contributed by atoms with Gasteiger partial charge in [0.1, 0.15) is 11.0 Å². The van der Waals surface area contributed by atoms with Gasteiger partial charge in [0.2, 0.25) is 0 Å². The Morgan fingerprint density at radius 2 is 2.44 bits per heavy atom. The fraction of sp³-hybridized carbons (Fsp3) is 0.600. The van der Waals surface area contributed by atoms with Gasteiger partial charge in [0.25, 0.3) is 0 Å². The van der Waals surface area contributed by atoms with E-state index in [1.54, 1.807) is 6.07 Å². The Bertz CT molecular complexity index is 417. The molecule has 0 spiro atoms. The molecule has 1 fully saturated rings. The van der Waals surface area contributed by atoms with E-state index >= 15 is 0 Å². The van der Waals surface area contributed by atoms with Crippen molar-refractivity contribution < 1.29 is 5.11 Å². The van der Waals surface area contributed by atoms with Gasteiger partial charge in [-0.2, -0.15) is 4.98 Å². The number of nitrogens with zero attached hydrogens (tertiary/aromatic N) is 1. The van der Waals surface area contributed by atoms with Crippen molar-refractivity contribution in [2.24, 2.45) is 5.92 Å². The minimum atomic E-state index is -0.464. The number of H-pyrrole nitrogens is 1. The van der Waals surface area contributed by atoms with Gasteiger partial charge in [0.05, 0.1) is 0 Å². The standard InChI is InChI=1S/C10H14ClN3O2/c11-8-5-9(14-10(16)13-8)12-7(3-4-15)6-1-2-6/h5-7,15H,1-4H2,(H2,12,13,14,16). The number of nitrogens with one attached hydrogen (secondary N) is 2. The van der Waals surface area contributed by atoms with Gasteiger partial charge in [-0.3, -0.25) is 4.98 Å². The van der Waals surface area contributed by atoms with E-state index in [4.69, 9.17) is 16.7 Å². The Hall–Kier alpha value is -1.07. The van der Waals surface area contributed by atoms with Gasteiger partial charge in [-0.05, 0) is 25.2 Å². The van der Waals surface area contributed by atoms with Crippen LogP contribution < -0.4 is 11.0 Å². The maximum atomic E-state index is 11.1. The third-order valence-corrected chi connectivity index (χ3v) is 2.88. The number of aliphatic hydroxyl groups excluding tert-OH is 1. The lowest BCUT2D eigenvalue weighted by Gasteiger charge is -2.17. The monoisotopic (exact) mass is 243 g/mol. The highest BCUT2D eigenvalue weighted by atomic mass is 35.5. The van der Waals surface area contributed by atoms with Crippen molar-refractivity contribution in [3.8, 4) is 0 Å². The molecule has 6 heteroatoms. The van der Waals surface area contributed by atoms with Gasteiger partial charge < -0.3 is 10.4 Å². The van der Waals surface area contributed by atoms with Crippen LogP contribution in [0.25, 0.3) is 0 Å². The van der Waals surface area contributed by atoms with Crippen molar-refractivity contribution in [3.05, 3.63) is 21.7 Å². The van der Waals surface area contributed by atoms with Crippen LogP contribution in [-0.4, -0.2) is 27.7 Å². The summed E-state index contributed by atoms with van der Waals surface area (Å²) >= 11 is 5.72. The lowest BCUT2D eigenvalue weighted by atomic mass is 10.1. The highest BCUT2D eigenvalue weighted by Gasteiger charge is 2.30. The van der Waals surface area contributed by atoms with Gasteiger partial charge in [-0.15, -0.1) is 0 Å². The van der Waals surface area contributed by atoms with Crippen LogP contribution in [0.4, 0.5) is 5.82 Å². The summed E-state index contributed by atoms with van der Waals surface area (Å²) in [5.41, 5.74) is -0.464. The van der Waals surface area contributed by atoms with Crippen LogP contribution in [0.15, 0.2) is 10.9 Å². The zero-order valence-electron chi connectivity index (χ0n) is 8.74. The van der Waals surface area contributed by atoms with E-state index in [1.165, 1.54) is 0 Å². The molecule has 2 rings (SSSR count). The SMILES string of the molecule is O=c1nc(NC(CCO)C2CC2)cc(Cl)[nH]1. The van der Waals surface area contributed by atoms with Gasteiger partial charge in [-0.1, -0.05) is 11.6 Å². The number of hydrogen-bond donors (Lipinski definition) is 3. The lowest BCUT2D eigenvalue weighted by molar-refractivity contribution is 0.274. The van der Waals surface area contributed by atoms with E-state index in [0.717, 1.165) is 12.8 Å². The van der Waals surface area contributed by atoms with Crippen LogP contribution in [0.2, 0.25) is 5.15 Å². The molecule has 1 aromatic heterocycles. The molecule has 1 atom stereocenters. The fourth-order valence-corrected chi connectivity index (χ4v) is 1.94. The summed E-state index contributed by atoms with van der Waals surface area (Å²) in [4.78, 5) is 17.2. The van der Waals surface area contributed by atoms with Crippen molar-refractivity contribution in [3.63, 3.8) is 0 Å². The number of aliphatic hydroxyl groups is 1. The molecule has 0 amide bonds. The molecule has 0 aromatic carbocycles. The molecule has 16 heavy (non-hydrogen) atoms. The van der Waals surface area contributed by atoms with Crippen LogP contribution in [0, 0.1) is 5.92 Å². The zero-order valence-corrected chi connectivity index (χ0v) is 9.50. The minimum Gasteiger partial charge on any atom is -0.396 e. The Balaban J connectivity index is 2.08. The number of aromatic nitrogens is 2. The number of rotatable bonds is 5. The maximum absolute atomic E-state index is 11.1. The molecule has 0 saturated heterocycles. The largest absolute Gasteiger partial charge is 0.396 e. The van der Waals surface area contributed by atoms with Gasteiger partial charge in [0, 0.05) is 18.7 Å².